The van der Waals surface area contributed by atoms with Gasteiger partial charge >= 0.3 is 5.97 Å². The Labute approximate surface area is 264 Å². The van der Waals surface area contributed by atoms with Crippen LogP contribution in [-0.2, 0) is 30.5 Å². The fourth-order valence-electron chi connectivity index (χ4n) is 7.49. The molecule has 1 aromatic rings. The van der Waals surface area contributed by atoms with Gasteiger partial charge in [0.1, 0.15) is 24.0 Å². The molecule has 3 rings (SSSR count). The van der Waals surface area contributed by atoms with Crippen molar-refractivity contribution in [2.75, 3.05) is 19.5 Å². The van der Waals surface area contributed by atoms with Crippen molar-refractivity contribution < 1.29 is 23.9 Å². The molecule has 2 aliphatic carbocycles. The third-order valence-electron chi connectivity index (χ3n) is 8.46. The van der Waals surface area contributed by atoms with Crippen molar-refractivity contribution in [3.05, 3.63) is 52.7 Å². The second-order valence-electron chi connectivity index (χ2n) is 14.0. The molecule has 2 aliphatic rings. The van der Waals surface area contributed by atoms with Crippen LogP contribution in [0.3, 0.4) is 0 Å². The van der Waals surface area contributed by atoms with Gasteiger partial charge in [-0.15, -0.1) is 0 Å². The van der Waals surface area contributed by atoms with Gasteiger partial charge < -0.3 is 36.0 Å². The minimum absolute atomic E-state index is 0.0546. The van der Waals surface area contributed by atoms with Gasteiger partial charge in [0.25, 0.3) is 11.5 Å². The van der Waals surface area contributed by atoms with Gasteiger partial charge in [0.15, 0.2) is 0 Å². The van der Waals surface area contributed by atoms with Crippen LogP contribution >= 0.6 is 0 Å². The number of pyridine rings is 1. The van der Waals surface area contributed by atoms with Gasteiger partial charge in [-0.3, -0.25) is 19.2 Å². The first kappa shape index (κ1) is 35.4. The van der Waals surface area contributed by atoms with E-state index >= 15 is 0 Å². The third-order valence-corrected chi connectivity index (χ3v) is 8.46. The Morgan fingerprint density at radius 3 is 2.36 bits per heavy atom. The van der Waals surface area contributed by atoms with E-state index in [1.165, 1.54) is 43.1 Å². The Morgan fingerprint density at radius 2 is 1.78 bits per heavy atom. The topological polar surface area (TPSA) is 191 Å². The first-order valence-electron chi connectivity index (χ1n) is 15.3. The van der Waals surface area contributed by atoms with Crippen LogP contribution in [0.15, 0.2) is 47.2 Å². The van der Waals surface area contributed by atoms with E-state index in [1.54, 1.807) is 6.07 Å². The van der Waals surface area contributed by atoms with Crippen molar-refractivity contribution >= 4 is 29.4 Å². The average Bonchev–Trinajstić information content (AvgIpc) is 2.90. The largest absolute Gasteiger partial charge is 0.466 e. The zero-order valence-corrected chi connectivity index (χ0v) is 27.3. The number of fused-ring (bicyclic) bond motifs is 2. The molecule has 1 heterocycles. The number of hydrazine groups is 1. The Kier molecular flexibility index (Phi) is 11.2. The number of hydrogen-bond acceptors (Lipinski definition) is 9. The van der Waals surface area contributed by atoms with Crippen LogP contribution < -0.4 is 33.1 Å². The van der Waals surface area contributed by atoms with Crippen LogP contribution in [0.5, 0.6) is 0 Å². The number of aromatic nitrogens is 1. The molecule has 0 radical (unpaired) electrons. The highest BCUT2D eigenvalue weighted by Crippen LogP contribution is 2.55. The Bertz CT molecular complexity index is 1370. The van der Waals surface area contributed by atoms with Crippen molar-refractivity contribution in [3.63, 3.8) is 0 Å². The molecule has 2 fully saturated rings. The number of rotatable bonds is 12. The molecule has 1 aromatic heterocycles. The number of nitrogens with one attached hydrogen (secondary N) is 3. The van der Waals surface area contributed by atoms with Gasteiger partial charge in [0.2, 0.25) is 11.8 Å². The number of carbonyl (C=O) groups is 4. The summed E-state index contributed by atoms with van der Waals surface area (Å²) in [6.07, 6.45) is 10.5. The lowest BCUT2D eigenvalue weighted by molar-refractivity contribution is -0.135. The zero-order valence-electron chi connectivity index (χ0n) is 27.3. The van der Waals surface area contributed by atoms with E-state index in [1.807, 2.05) is 0 Å². The Hall–Kier alpha value is -4.13. The summed E-state index contributed by atoms with van der Waals surface area (Å²) in [5.74, 6) is 3.99. The number of esters is 1. The summed E-state index contributed by atoms with van der Waals surface area (Å²) in [5, 5.41) is 9.47. The number of carbonyl (C=O) groups excluding carboxylic acids is 4. The Morgan fingerprint density at radius 1 is 1.13 bits per heavy atom. The van der Waals surface area contributed by atoms with Gasteiger partial charge in [-0.1, -0.05) is 33.8 Å². The molecule has 0 saturated heterocycles. The van der Waals surface area contributed by atoms with E-state index in [2.05, 4.69) is 48.4 Å². The number of nitrogens with zero attached hydrogens (tertiary/aromatic N) is 2. The summed E-state index contributed by atoms with van der Waals surface area (Å²) in [4.78, 5) is 64.3. The molecule has 2 bridgehead atoms. The SMILES string of the molecule is COC(=O)/C=C/CC[C@H](NC(=O)/C(=C/N)N(C)N)C(=O)Nc1cccn(CC(=O)NC23CC(CC(C)(C)C2)CC(C)(C)C3)c1=O. The fourth-order valence-corrected chi connectivity index (χ4v) is 7.49. The predicted molar refractivity (Wildman–Crippen MR) is 171 cm³/mol. The van der Waals surface area contributed by atoms with E-state index in [9.17, 15) is 24.0 Å². The molecular weight excluding hydrogens is 578 g/mol. The highest BCUT2D eigenvalue weighted by molar-refractivity contribution is 6.00. The minimum atomic E-state index is -1.12. The van der Waals surface area contributed by atoms with Crippen LogP contribution in [-0.4, -0.2) is 59.0 Å². The lowest BCUT2D eigenvalue weighted by Crippen LogP contribution is -2.60. The summed E-state index contributed by atoms with van der Waals surface area (Å²) in [6.45, 7) is 8.80. The van der Waals surface area contributed by atoms with Crippen LogP contribution in [0.2, 0.25) is 0 Å². The summed E-state index contributed by atoms with van der Waals surface area (Å²) in [6, 6.07) is 1.87. The number of likely N-dealkylation sites (N-methyl/N-ethyl adjacent to an activating group) is 1. The highest BCUT2D eigenvalue weighted by Gasteiger charge is 2.51. The zero-order chi connectivity index (χ0) is 33.6. The van der Waals surface area contributed by atoms with Gasteiger partial charge in [0, 0.05) is 31.1 Å². The average molecular weight is 628 g/mol. The smallest absolute Gasteiger partial charge is 0.330 e. The molecule has 0 aromatic carbocycles. The standard InChI is InChI=1S/C32H49N7O6/c1-30(2)14-21-15-31(3,4)20-32(16-21,19-30)37-25(40)18-39-13-9-11-23(29(39)44)36-27(42)22(10-7-8-12-26(41)45-6)35-28(43)24(17-33)38(5)34/h8-9,11-13,17,21-22H,7,10,14-16,18-20,33-34H2,1-6H3,(H,35,43)(H,36,42)(H,37,40)/b12-8+,24-17-/t21?,22-,32?/m0/s1. The summed E-state index contributed by atoms with van der Waals surface area (Å²) in [5.41, 5.74) is 4.70. The van der Waals surface area contributed by atoms with Gasteiger partial charge in [-0.25, -0.2) is 10.6 Å². The van der Waals surface area contributed by atoms with Crippen LogP contribution in [0.1, 0.15) is 72.6 Å². The van der Waals surface area contributed by atoms with E-state index in [4.69, 9.17) is 11.6 Å². The quantitative estimate of drug-likeness (QED) is 0.0997. The number of nitrogens with two attached hydrogens (primary N) is 2. The lowest BCUT2D eigenvalue weighted by Gasteiger charge is -2.56. The maximum Gasteiger partial charge on any atom is 0.330 e. The number of methoxy groups -OCH3 is 1. The van der Waals surface area contributed by atoms with E-state index < -0.39 is 29.4 Å². The van der Waals surface area contributed by atoms with Gasteiger partial charge in [0.05, 0.1) is 7.11 Å². The molecule has 1 atom stereocenters. The maximum atomic E-state index is 13.4. The molecule has 3 amide bonds. The number of allylic oxidation sites excluding steroid dienone is 1. The molecule has 0 aliphatic heterocycles. The van der Waals surface area contributed by atoms with Gasteiger partial charge in [-0.2, -0.15) is 0 Å². The number of amides is 3. The normalized spacial score (nSPS) is 22.6. The molecule has 0 unspecified atom stereocenters. The molecule has 13 heteroatoms. The third kappa shape index (κ3) is 9.68. The Balaban J connectivity index is 1.76. The molecule has 13 nitrogen and oxygen atoms in total. The second kappa shape index (κ2) is 14.3. The number of hydrogen-bond donors (Lipinski definition) is 5. The van der Waals surface area contributed by atoms with Gasteiger partial charge in [-0.05, 0) is 73.8 Å². The summed E-state index contributed by atoms with van der Waals surface area (Å²) < 4.78 is 5.83. The van der Waals surface area contributed by atoms with Crippen LogP contribution in [0.25, 0.3) is 0 Å². The summed E-state index contributed by atoms with van der Waals surface area (Å²) >= 11 is 0. The van der Waals surface area contributed by atoms with Crippen molar-refractivity contribution in [1.82, 2.24) is 20.2 Å². The van der Waals surface area contributed by atoms with Crippen LogP contribution in [0.4, 0.5) is 5.69 Å². The molecule has 0 spiro atoms. The number of ether oxygens (including phenoxy) is 1. The molecular formula is C32H49N7O6. The highest BCUT2D eigenvalue weighted by atomic mass is 16.5. The van der Waals surface area contributed by atoms with Crippen molar-refractivity contribution in [1.29, 1.82) is 0 Å². The fraction of sp³-hybridized carbons (Fsp3) is 0.594. The minimum Gasteiger partial charge on any atom is -0.466 e. The number of anilines is 1. The predicted octanol–water partition coefficient (Wildman–Crippen LogP) is 1.89. The molecule has 248 valence electrons. The monoisotopic (exact) mass is 627 g/mol. The van der Waals surface area contributed by atoms with Crippen LogP contribution in [0, 0.1) is 16.7 Å². The maximum absolute atomic E-state index is 13.4. The first-order valence-corrected chi connectivity index (χ1v) is 15.3. The van der Waals surface area contributed by atoms with Crippen molar-refractivity contribution in [2.24, 2.45) is 28.3 Å². The summed E-state index contributed by atoms with van der Waals surface area (Å²) in [7, 11) is 2.66. The second-order valence-corrected chi connectivity index (χ2v) is 14.0. The van der Waals surface area contributed by atoms with Crippen molar-refractivity contribution in [2.45, 2.75) is 90.8 Å². The lowest BCUT2D eigenvalue weighted by atomic mass is 9.53. The van der Waals surface area contributed by atoms with E-state index in [-0.39, 0.29) is 53.0 Å². The molecule has 45 heavy (non-hydrogen) atoms. The van der Waals surface area contributed by atoms with E-state index in [0.29, 0.717) is 5.92 Å². The molecule has 7 N–H and O–H groups in total. The first-order chi connectivity index (χ1) is 21.0. The molecule has 2 saturated carbocycles. The van der Waals surface area contributed by atoms with E-state index in [0.717, 1.165) is 43.3 Å². The van der Waals surface area contributed by atoms with Crippen molar-refractivity contribution in [3.8, 4) is 0 Å².